The standard InChI is InChI=1S/C11H7ClF2N2O/c12-10-11(17)16(2-1-15-10)6-7-3-8(13)5-9(14)4-7/h1-5H,6H2. The summed E-state index contributed by atoms with van der Waals surface area (Å²) in [6, 6.07) is 3.08. The fourth-order valence-electron chi connectivity index (χ4n) is 1.44. The number of halogens is 3. The minimum absolute atomic E-state index is 0.0375. The second-order valence-corrected chi connectivity index (χ2v) is 3.79. The summed E-state index contributed by atoms with van der Waals surface area (Å²) in [7, 11) is 0. The molecule has 1 heterocycles. The van der Waals surface area contributed by atoms with Crippen LogP contribution in [0, 0.1) is 11.6 Å². The zero-order valence-corrected chi connectivity index (χ0v) is 9.29. The number of benzene rings is 1. The second kappa shape index (κ2) is 4.63. The first-order valence-electron chi connectivity index (χ1n) is 4.72. The average Bonchev–Trinajstić information content (AvgIpc) is 2.23. The molecule has 0 fully saturated rings. The highest BCUT2D eigenvalue weighted by atomic mass is 35.5. The molecule has 88 valence electrons. The third-order valence-corrected chi connectivity index (χ3v) is 2.41. The maximum absolute atomic E-state index is 12.9. The summed E-state index contributed by atoms with van der Waals surface area (Å²) < 4.78 is 27.1. The molecular weight excluding hydrogens is 250 g/mol. The smallest absolute Gasteiger partial charge is 0.288 e. The van der Waals surface area contributed by atoms with Gasteiger partial charge in [0, 0.05) is 18.5 Å². The van der Waals surface area contributed by atoms with Gasteiger partial charge in [-0.1, -0.05) is 11.6 Å². The van der Waals surface area contributed by atoms with Crippen molar-refractivity contribution in [2.45, 2.75) is 6.54 Å². The number of rotatable bonds is 2. The minimum Gasteiger partial charge on any atom is -0.307 e. The van der Waals surface area contributed by atoms with Crippen molar-refractivity contribution in [1.82, 2.24) is 9.55 Å². The van der Waals surface area contributed by atoms with Gasteiger partial charge in [-0.25, -0.2) is 13.8 Å². The maximum atomic E-state index is 12.9. The normalized spacial score (nSPS) is 10.5. The molecule has 0 saturated carbocycles. The summed E-state index contributed by atoms with van der Waals surface area (Å²) >= 11 is 5.55. The lowest BCUT2D eigenvalue weighted by atomic mass is 10.2. The third kappa shape index (κ3) is 2.68. The van der Waals surface area contributed by atoms with E-state index in [1.54, 1.807) is 0 Å². The van der Waals surface area contributed by atoms with E-state index in [1.165, 1.54) is 17.0 Å². The Balaban J connectivity index is 2.38. The molecule has 6 heteroatoms. The Morgan fingerprint density at radius 2 is 1.88 bits per heavy atom. The van der Waals surface area contributed by atoms with Crippen molar-refractivity contribution >= 4 is 11.6 Å². The van der Waals surface area contributed by atoms with E-state index in [0.29, 0.717) is 5.56 Å². The van der Waals surface area contributed by atoms with E-state index in [1.807, 2.05) is 0 Å². The molecule has 0 spiro atoms. The molecule has 0 N–H and O–H groups in total. The predicted molar refractivity (Wildman–Crippen MR) is 59.0 cm³/mol. The van der Waals surface area contributed by atoms with Gasteiger partial charge < -0.3 is 4.57 Å². The van der Waals surface area contributed by atoms with Crippen LogP contribution in [0.4, 0.5) is 8.78 Å². The fourth-order valence-corrected chi connectivity index (χ4v) is 1.61. The Kier molecular flexibility index (Phi) is 3.19. The second-order valence-electron chi connectivity index (χ2n) is 3.43. The van der Waals surface area contributed by atoms with Gasteiger partial charge in [-0.2, -0.15) is 0 Å². The van der Waals surface area contributed by atoms with Crippen LogP contribution in [0.15, 0.2) is 35.4 Å². The van der Waals surface area contributed by atoms with Crippen LogP contribution in [-0.2, 0) is 6.54 Å². The lowest BCUT2D eigenvalue weighted by Gasteiger charge is -2.05. The van der Waals surface area contributed by atoms with Crippen molar-refractivity contribution < 1.29 is 8.78 Å². The average molecular weight is 257 g/mol. The van der Waals surface area contributed by atoms with Crippen LogP contribution in [0.3, 0.4) is 0 Å². The lowest BCUT2D eigenvalue weighted by molar-refractivity contribution is 0.576. The van der Waals surface area contributed by atoms with Crippen LogP contribution >= 0.6 is 11.6 Å². The van der Waals surface area contributed by atoms with E-state index in [0.717, 1.165) is 18.2 Å². The van der Waals surface area contributed by atoms with Crippen LogP contribution in [0.2, 0.25) is 5.15 Å². The molecule has 0 aliphatic carbocycles. The summed E-state index contributed by atoms with van der Waals surface area (Å²) in [5, 5.41) is -0.177. The Morgan fingerprint density at radius 3 is 2.53 bits per heavy atom. The highest BCUT2D eigenvalue weighted by molar-refractivity contribution is 6.29. The van der Waals surface area contributed by atoms with Crippen molar-refractivity contribution in [3.63, 3.8) is 0 Å². The molecule has 1 aromatic heterocycles. The van der Waals surface area contributed by atoms with E-state index in [9.17, 15) is 13.6 Å². The number of hydrogen-bond donors (Lipinski definition) is 0. The van der Waals surface area contributed by atoms with Crippen LogP contribution in [0.1, 0.15) is 5.56 Å². The van der Waals surface area contributed by atoms with Crippen LogP contribution in [0.25, 0.3) is 0 Å². The molecule has 0 atom stereocenters. The van der Waals surface area contributed by atoms with Crippen molar-refractivity contribution in [2.75, 3.05) is 0 Å². The molecule has 0 saturated heterocycles. The largest absolute Gasteiger partial charge is 0.307 e. The Morgan fingerprint density at radius 1 is 1.24 bits per heavy atom. The monoisotopic (exact) mass is 256 g/mol. The highest BCUT2D eigenvalue weighted by Crippen LogP contribution is 2.09. The molecule has 0 amide bonds. The summed E-state index contributed by atoms with van der Waals surface area (Å²) in [6.07, 6.45) is 2.75. The Bertz CT molecular complexity index is 592. The summed E-state index contributed by atoms with van der Waals surface area (Å²) in [4.78, 5) is 15.1. The van der Waals surface area contributed by atoms with Gasteiger partial charge in [0.15, 0.2) is 5.15 Å². The zero-order valence-electron chi connectivity index (χ0n) is 8.53. The first-order valence-corrected chi connectivity index (χ1v) is 5.10. The molecule has 0 radical (unpaired) electrons. The van der Waals surface area contributed by atoms with Gasteiger partial charge in [0.1, 0.15) is 11.6 Å². The van der Waals surface area contributed by atoms with Crippen LogP contribution < -0.4 is 5.56 Å². The quantitative estimate of drug-likeness (QED) is 0.826. The van der Waals surface area contributed by atoms with E-state index < -0.39 is 17.2 Å². The van der Waals surface area contributed by atoms with E-state index in [-0.39, 0.29) is 11.7 Å². The summed E-state index contributed by atoms with van der Waals surface area (Å²) in [5.41, 5.74) is -0.161. The Labute approximate surface area is 100 Å². The third-order valence-electron chi connectivity index (χ3n) is 2.15. The van der Waals surface area contributed by atoms with Crippen molar-refractivity contribution in [2.24, 2.45) is 0 Å². The Hall–Kier alpha value is -1.75. The molecule has 0 bridgehead atoms. The zero-order chi connectivity index (χ0) is 12.4. The van der Waals surface area contributed by atoms with Gasteiger partial charge >= 0.3 is 0 Å². The first kappa shape index (κ1) is 11.7. The topological polar surface area (TPSA) is 34.9 Å². The number of aromatic nitrogens is 2. The van der Waals surface area contributed by atoms with Gasteiger partial charge in [-0.3, -0.25) is 4.79 Å². The van der Waals surface area contributed by atoms with Crippen molar-refractivity contribution in [3.8, 4) is 0 Å². The molecule has 17 heavy (non-hydrogen) atoms. The van der Waals surface area contributed by atoms with Gasteiger partial charge in [0.25, 0.3) is 5.56 Å². The van der Waals surface area contributed by atoms with Gasteiger partial charge in [-0.15, -0.1) is 0 Å². The molecule has 0 aliphatic heterocycles. The SMILES string of the molecule is O=c1c(Cl)nccn1Cc1cc(F)cc(F)c1. The van der Waals surface area contributed by atoms with Gasteiger partial charge in [0.05, 0.1) is 6.54 Å². The van der Waals surface area contributed by atoms with Gasteiger partial charge in [-0.05, 0) is 17.7 Å². The molecule has 1 aromatic carbocycles. The van der Waals surface area contributed by atoms with E-state index in [2.05, 4.69) is 4.98 Å². The van der Waals surface area contributed by atoms with Crippen molar-refractivity contribution in [3.05, 3.63) is 63.3 Å². The molecule has 2 rings (SSSR count). The van der Waals surface area contributed by atoms with Gasteiger partial charge in [0.2, 0.25) is 0 Å². The van der Waals surface area contributed by atoms with E-state index >= 15 is 0 Å². The molecule has 2 aromatic rings. The summed E-state index contributed by atoms with van der Waals surface area (Å²) in [5.74, 6) is -1.37. The number of nitrogens with zero attached hydrogens (tertiary/aromatic N) is 2. The predicted octanol–water partition coefficient (Wildman–Crippen LogP) is 2.22. The number of hydrogen-bond acceptors (Lipinski definition) is 2. The van der Waals surface area contributed by atoms with E-state index in [4.69, 9.17) is 11.6 Å². The fraction of sp³-hybridized carbons (Fsp3) is 0.0909. The molecule has 0 unspecified atom stereocenters. The van der Waals surface area contributed by atoms with Crippen LogP contribution in [0.5, 0.6) is 0 Å². The molecule has 3 nitrogen and oxygen atoms in total. The highest BCUT2D eigenvalue weighted by Gasteiger charge is 2.05. The minimum atomic E-state index is -0.687. The first-order chi connectivity index (χ1) is 8.06. The van der Waals surface area contributed by atoms with Crippen molar-refractivity contribution in [1.29, 1.82) is 0 Å². The maximum Gasteiger partial charge on any atom is 0.288 e. The lowest BCUT2D eigenvalue weighted by Crippen LogP contribution is -2.21. The summed E-state index contributed by atoms with van der Waals surface area (Å²) in [6.45, 7) is 0.0375. The van der Waals surface area contributed by atoms with Crippen LogP contribution in [-0.4, -0.2) is 9.55 Å². The molecule has 0 aliphatic rings. The molecular formula is C11H7ClF2N2O.